The van der Waals surface area contributed by atoms with E-state index in [1.807, 2.05) is 6.92 Å². The third-order valence-corrected chi connectivity index (χ3v) is 2.46. The van der Waals surface area contributed by atoms with Gasteiger partial charge in [0.15, 0.2) is 5.82 Å². The van der Waals surface area contributed by atoms with E-state index >= 15 is 0 Å². The van der Waals surface area contributed by atoms with Crippen LogP contribution in [0.3, 0.4) is 0 Å². The molecule has 0 bridgehead atoms. The number of nitrogens with two attached hydrogens (primary N) is 1. The Kier molecular flexibility index (Phi) is 3.41. The first kappa shape index (κ1) is 12.9. The molecule has 0 aliphatic rings. The number of anilines is 2. The topological polar surface area (TPSA) is 68.0 Å². The Balaban J connectivity index is 2.27. The molecule has 0 fully saturated rings. The second-order valence-corrected chi connectivity index (χ2v) is 4.03. The summed E-state index contributed by atoms with van der Waals surface area (Å²) >= 11 is 0. The quantitative estimate of drug-likeness (QED) is 0.818. The number of halogens is 2. The van der Waals surface area contributed by atoms with E-state index in [1.54, 1.807) is 18.3 Å². The molecule has 1 amide bonds. The zero-order valence-electron chi connectivity index (χ0n) is 10.1. The highest BCUT2D eigenvalue weighted by Crippen LogP contribution is 2.18. The SMILES string of the molecule is Cc1ccc(NC(=O)c2cc(F)cc(N)c2F)nc1. The first-order chi connectivity index (χ1) is 8.97. The van der Waals surface area contributed by atoms with E-state index in [2.05, 4.69) is 10.3 Å². The van der Waals surface area contributed by atoms with Crippen LogP contribution in [0.25, 0.3) is 0 Å². The summed E-state index contributed by atoms with van der Waals surface area (Å²) in [5, 5.41) is 2.37. The molecule has 1 aromatic carbocycles. The Bertz CT molecular complexity index is 627. The number of hydrogen-bond acceptors (Lipinski definition) is 3. The highest BCUT2D eigenvalue weighted by Gasteiger charge is 2.16. The molecule has 0 spiro atoms. The summed E-state index contributed by atoms with van der Waals surface area (Å²) in [6.07, 6.45) is 1.55. The Morgan fingerprint density at radius 3 is 2.68 bits per heavy atom. The lowest BCUT2D eigenvalue weighted by molar-refractivity contribution is 0.102. The smallest absolute Gasteiger partial charge is 0.259 e. The first-order valence-corrected chi connectivity index (χ1v) is 5.46. The van der Waals surface area contributed by atoms with Gasteiger partial charge in [-0.05, 0) is 30.7 Å². The van der Waals surface area contributed by atoms with Crippen LogP contribution in [0.2, 0.25) is 0 Å². The van der Waals surface area contributed by atoms with Crippen LogP contribution in [0.5, 0.6) is 0 Å². The van der Waals surface area contributed by atoms with Crippen molar-refractivity contribution < 1.29 is 13.6 Å². The van der Waals surface area contributed by atoms with Gasteiger partial charge in [-0.1, -0.05) is 6.07 Å². The summed E-state index contributed by atoms with van der Waals surface area (Å²) in [5.41, 5.74) is 5.30. The fraction of sp³-hybridized carbons (Fsp3) is 0.0769. The zero-order valence-corrected chi connectivity index (χ0v) is 10.1. The van der Waals surface area contributed by atoms with Gasteiger partial charge in [-0.25, -0.2) is 13.8 Å². The van der Waals surface area contributed by atoms with Crippen molar-refractivity contribution in [2.45, 2.75) is 6.92 Å². The molecule has 98 valence electrons. The van der Waals surface area contributed by atoms with E-state index < -0.39 is 28.8 Å². The van der Waals surface area contributed by atoms with Crippen LogP contribution in [0, 0.1) is 18.6 Å². The molecule has 0 saturated carbocycles. The van der Waals surface area contributed by atoms with Crippen LogP contribution >= 0.6 is 0 Å². The van der Waals surface area contributed by atoms with Crippen LogP contribution in [0.15, 0.2) is 30.5 Å². The van der Waals surface area contributed by atoms with Crippen molar-refractivity contribution in [3.63, 3.8) is 0 Å². The summed E-state index contributed by atoms with van der Waals surface area (Å²) in [6.45, 7) is 1.84. The van der Waals surface area contributed by atoms with Crippen molar-refractivity contribution in [2.24, 2.45) is 0 Å². The number of hydrogen-bond donors (Lipinski definition) is 2. The summed E-state index contributed by atoms with van der Waals surface area (Å²) in [6, 6.07) is 4.90. The number of carbonyl (C=O) groups is 1. The first-order valence-electron chi connectivity index (χ1n) is 5.46. The number of nitrogens with zero attached hydrogens (tertiary/aromatic N) is 1. The van der Waals surface area contributed by atoms with Gasteiger partial charge < -0.3 is 11.1 Å². The zero-order chi connectivity index (χ0) is 14.0. The summed E-state index contributed by atoms with van der Waals surface area (Å²) in [7, 11) is 0. The number of rotatable bonds is 2. The monoisotopic (exact) mass is 263 g/mol. The highest BCUT2D eigenvalue weighted by molar-refractivity contribution is 6.04. The van der Waals surface area contributed by atoms with Gasteiger partial charge in [0.2, 0.25) is 0 Å². The molecule has 19 heavy (non-hydrogen) atoms. The van der Waals surface area contributed by atoms with Crippen molar-refractivity contribution in [3.8, 4) is 0 Å². The van der Waals surface area contributed by atoms with Gasteiger partial charge in [0.05, 0.1) is 11.3 Å². The predicted molar refractivity (Wildman–Crippen MR) is 67.7 cm³/mol. The maximum Gasteiger partial charge on any atom is 0.259 e. The molecule has 0 unspecified atom stereocenters. The van der Waals surface area contributed by atoms with Crippen molar-refractivity contribution in [1.29, 1.82) is 0 Å². The molecular formula is C13H11F2N3O. The molecular weight excluding hydrogens is 252 g/mol. The number of pyridine rings is 1. The highest BCUT2D eigenvalue weighted by atomic mass is 19.1. The van der Waals surface area contributed by atoms with Crippen LogP contribution < -0.4 is 11.1 Å². The van der Waals surface area contributed by atoms with Crippen LogP contribution in [0.1, 0.15) is 15.9 Å². The Morgan fingerprint density at radius 2 is 2.05 bits per heavy atom. The van der Waals surface area contributed by atoms with E-state index in [4.69, 9.17) is 5.73 Å². The molecule has 3 N–H and O–H groups in total. The number of benzene rings is 1. The van der Waals surface area contributed by atoms with Gasteiger partial charge in [-0.15, -0.1) is 0 Å². The Morgan fingerprint density at radius 1 is 1.32 bits per heavy atom. The fourth-order valence-corrected chi connectivity index (χ4v) is 1.50. The molecule has 1 heterocycles. The molecule has 1 aromatic heterocycles. The van der Waals surface area contributed by atoms with Gasteiger partial charge in [-0.3, -0.25) is 4.79 Å². The van der Waals surface area contributed by atoms with E-state index in [9.17, 15) is 13.6 Å². The average Bonchev–Trinajstić information content (AvgIpc) is 2.36. The minimum absolute atomic E-state index is 0.248. The molecule has 2 rings (SSSR count). The van der Waals surface area contributed by atoms with E-state index in [0.717, 1.165) is 17.7 Å². The lowest BCUT2D eigenvalue weighted by atomic mass is 10.1. The fourth-order valence-electron chi connectivity index (χ4n) is 1.50. The largest absolute Gasteiger partial charge is 0.396 e. The van der Waals surface area contributed by atoms with Gasteiger partial charge in [0.25, 0.3) is 5.91 Å². The van der Waals surface area contributed by atoms with Crippen molar-refractivity contribution in [2.75, 3.05) is 11.1 Å². The standard InChI is InChI=1S/C13H11F2N3O/c1-7-2-3-11(17-6-7)18-13(19)9-4-8(14)5-10(16)12(9)15/h2-6H,16H2,1H3,(H,17,18,19). The van der Waals surface area contributed by atoms with Crippen molar-refractivity contribution >= 4 is 17.4 Å². The molecule has 0 saturated heterocycles. The second kappa shape index (κ2) is 5.01. The normalized spacial score (nSPS) is 10.3. The molecule has 0 aliphatic carbocycles. The lowest BCUT2D eigenvalue weighted by Crippen LogP contribution is -2.16. The van der Waals surface area contributed by atoms with Gasteiger partial charge in [0, 0.05) is 6.20 Å². The van der Waals surface area contributed by atoms with Gasteiger partial charge in [0.1, 0.15) is 11.6 Å². The van der Waals surface area contributed by atoms with Crippen LogP contribution in [-0.4, -0.2) is 10.9 Å². The summed E-state index contributed by atoms with van der Waals surface area (Å²) < 4.78 is 26.7. The number of aromatic nitrogens is 1. The number of carbonyl (C=O) groups excluding carboxylic acids is 1. The third-order valence-electron chi connectivity index (χ3n) is 2.46. The second-order valence-electron chi connectivity index (χ2n) is 4.03. The number of nitrogen functional groups attached to an aromatic ring is 1. The molecule has 0 radical (unpaired) electrons. The average molecular weight is 263 g/mol. The summed E-state index contributed by atoms with van der Waals surface area (Å²) in [5.74, 6) is -2.29. The predicted octanol–water partition coefficient (Wildman–Crippen LogP) is 2.50. The number of amides is 1. The van der Waals surface area contributed by atoms with Gasteiger partial charge >= 0.3 is 0 Å². The molecule has 0 aliphatic heterocycles. The molecule has 2 aromatic rings. The van der Waals surface area contributed by atoms with Crippen molar-refractivity contribution in [1.82, 2.24) is 4.98 Å². The minimum Gasteiger partial charge on any atom is -0.396 e. The van der Waals surface area contributed by atoms with Crippen LogP contribution in [0.4, 0.5) is 20.3 Å². The van der Waals surface area contributed by atoms with Crippen LogP contribution in [-0.2, 0) is 0 Å². The Hall–Kier alpha value is -2.50. The third kappa shape index (κ3) is 2.85. The maximum atomic E-state index is 13.6. The molecule has 6 heteroatoms. The Labute approximate surface area is 108 Å². The maximum absolute atomic E-state index is 13.6. The van der Waals surface area contributed by atoms with Gasteiger partial charge in [-0.2, -0.15) is 0 Å². The number of aryl methyl sites for hydroxylation is 1. The molecule has 0 atom stereocenters. The van der Waals surface area contributed by atoms with E-state index in [1.165, 1.54) is 0 Å². The minimum atomic E-state index is -0.953. The van der Waals surface area contributed by atoms with E-state index in [0.29, 0.717) is 0 Å². The number of nitrogens with one attached hydrogen (secondary N) is 1. The van der Waals surface area contributed by atoms with E-state index in [-0.39, 0.29) is 5.82 Å². The lowest BCUT2D eigenvalue weighted by Gasteiger charge is -2.07. The summed E-state index contributed by atoms with van der Waals surface area (Å²) in [4.78, 5) is 15.7. The van der Waals surface area contributed by atoms with Crippen molar-refractivity contribution in [3.05, 3.63) is 53.2 Å². The molecule has 4 nitrogen and oxygen atoms in total.